The zero-order valence-corrected chi connectivity index (χ0v) is 25.7. The van der Waals surface area contributed by atoms with Gasteiger partial charge in [0, 0.05) is 47.0 Å². The van der Waals surface area contributed by atoms with Crippen LogP contribution in [0.3, 0.4) is 0 Å². The Morgan fingerprint density at radius 2 is 1.90 bits per heavy atom. The van der Waals surface area contributed by atoms with E-state index in [9.17, 15) is 19.5 Å². The number of nitrogens with zero attached hydrogens (tertiary/aromatic N) is 1. The highest BCUT2D eigenvalue weighted by Crippen LogP contribution is 2.52. The number of piperidine rings is 1. The minimum atomic E-state index is -1.74. The number of thioether (sulfide) groups is 1. The Bertz CT molecular complexity index is 1340. The Labute approximate surface area is 246 Å². The van der Waals surface area contributed by atoms with E-state index in [4.69, 9.17) is 14.2 Å². The molecule has 9 nitrogen and oxygen atoms in total. The van der Waals surface area contributed by atoms with E-state index < -0.39 is 39.3 Å². The van der Waals surface area contributed by atoms with Gasteiger partial charge in [0.25, 0.3) is 0 Å². The van der Waals surface area contributed by atoms with Crippen molar-refractivity contribution in [3.05, 3.63) is 47.5 Å². The third-order valence-electron chi connectivity index (χ3n) is 8.31. The molecule has 1 unspecified atom stereocenters. The number of ketones is 1. The van der Waals surface area contributed by atoms with Crippen molar-refractivity contribution in [1.82, 2.24) is 9.80 Å². The number of amides is 1. The lowest BCUT2D eigenvalue weighted by atomic mass is 9.70. The third-order valence-corrected chi connectivity index (χ3v) is 9.03. The van der Waals surface area contributed by atoms with Gasteiger partial charge in [0.15, 0.2) is 18.1 Å². The molecule has 0 bridgehead atoms. The first-order valence-corrected chi connectivity index (χ1v) is 15.0. The first-order valence-electron chi connectivity index (χ1n) is 13.7. The van der Waals surface area contributed by atoms with E-state index in [-0.39, 0.29) is 31.9 Å². The monoisotopic (exact) mass is 585 g/mol. The van der Waals surface area contributed by atoms with Crippen LogP contribution in [-0.2, 0) is 19.1 Å². The molecule has 2 aliphatic heterocycles. The molecular weight excluding hydrogens is 544 g/mol. The fourth-order valence-corrected chi connectivity index (χ4v) is 7.22. The Kier molecular flexibility index (Phi) is 8.90. The maximum Gasteiger partial charge on any atom is 0.367 e. The molecule has 41 heavy (non-hydrogen) atoms. The van der Waals surface area contributed by atoms with Gasteiger partial charge in [0.2, 0.25) is 5.54 Å². The molecule has 1 saturated heterocycles. The van der Waals surface area contributed by atoms with Crippen LogP contribution in [0.15, 0.2) is 41.3 Å². The summed E-state index contributed by atoms with van der Waals surface area (Å²) in [6.45, 7) is 7.74. The number of Topliss-reactive ketones (excluding diaryl/α,β-unsaturated/α-hetero) is 1. The molecule has 10 heteroatoms. The molecule has 1 amide bonds. The van der Waals surface area contributed by atoms with Gasteiger partial charge in [0.1, 0.15) is 17.6 Å². The van der Waals surface area contributed by atoms with E-state index in [0.29, 0.717) is 34.9 Å². The van der Waals surface area contributed by atoms with E-state index in [1.807, 2.05) is 57.4 Å². The van der Waals surface area contributed by atoms with Gasteiger partial charge in [0.05, 0.1) is 26.7 Å². The molecule has 2 heterocycles. The summed E-state index contributed by atoms with van der Waals surface area (Å²) in [4.78, 5) is 42.6. The lowest BCUT2D eigenvalue weighted by Crippen LogP contribution is -2.80. The number of hydrogen-bond donors (Lipinski definition) is 2. The average molecular weight is 586 g/mol. The Morgan fingerprint density at radius 3 is 2.49 bits per heavy atom. The second-order valence-electron chi connectivity index (χ2n) is 12.0. The topological polar surface area (TPSA) is 111 Å². The number of carboxylic acid groups (broad SMARTS) is 1. The van der Waals surface area contributed by atoms with Crippen molar-refractivity contribution in [3.8, 4) is 11.5 Å². The Morgan fingerprint density at radius 1 is 1.17 bits per heavy atom. The summed E-state index contributed by atoms with van der Waals surface area (Å²) >= 11 is 1.54. The highest BCUT2D eigenvalue weighted by molar-refractivity contribution is 7.98. The maximum atomic E-state index is 14.8. The molecule has 2 aliphatic rings. The summed E-state index contributed by atoms with van der Waals surface area (Å²) in [5.74, 6) is -1.76. The number of para-hydroxylation sites is 1. The van der Waals surface area contributed by atoms with Crippen molar-refractivity contribution >= 4 is 35.1 Å². The minimum Gasteiger partial charge on any atom is -0.493 e. The predicted octanol–water partition coefficient (Wildman–Crippen LogP) is 4.45. The fraction of sp³-hybridized carbons (Fsp3) is 0.516. The fourth-order valence-electron chi connectivity index (χ4n) is 6.77. The summed E-state index contributed by atoms with van der Waals surface area (Å²) < 4.78 is 17.3. The first kappa shape index (κ1) is 31.0. The normalized spacial score (nSPS) is 26.6. The number of quaternary nitrogens is 1. The molecule has 0 aromatic heterocycles. The number of nitrogens with one attached hydrogen (secondary N) is 1. The van der Waals surface area contributed by atoms with Crippen molar-refractivity contribution in [2.75, 3.05) is 46.7 Å². The summed E-state index contributed by atoms with van der Waals surface area (Å²) in [5.41, 5.74) is -0.376. The largest absolute Gasteiger partial charge is 0.493 e. The van der Waals surface area contributed by atoms with Crippen LogP contribution >= 0.6 is 11.8 Å². The average Bonchev–Trinajstić information content (AvgIpc) is 3.05. The van der Waals surface area contributed by atoms with Gasteiger partial charge >= 0.3 is 11.9 Å². The van der Waals surface area contributed by atoms with E-state index in [1.54, 1.807) is 20.3 Å². The Balaban J connectivity index is 2.16. The van der Waals surface area contributed by atoms with Crippen molar-refractivity contribution in [3.63, 3.8) is 0 Å². The van der Waals surface area contributed by atoms with Crippen LogP contribution in [0.4, 0.5) is 5.69 Å². The SMILES string of the molecule is COc1cccc(C2OCC(=O)[N@@+](CC(C)(C)C)([C@@]3(C(=O)O)CCNC[C@@H]3C(C)=O)c3ccc(SC)cc32)c1OC. The molecule has 0 spiro atoms. The second-order valence-corrected chi connectivity index (χ2v) is 12.8. The first-order chi connectivity index (χ1) is 19.4. The van der Waals surface area contributed by atoms with Crippen LogP contribution in [0.5, 0.6) is 11.5 Å². The molecule has 0 radical (unpaired) electrons. The van der Waals surface area contributed by atoms with Crippen molar-refractivity contribution < 1.29 is 33.7 Å². The van der Waals surface area contributed by atoms with E-state index in [0.717, 1.165) is 4.90 Å². The van der Waals surface area contributed by atoms with Crippen LogP contribution in [0.1, 0.15) is 51.3 Å². The molecule has 4 atom stereocenters. The summed E-state index contributed by atoms with van der Waals surface area (Å²) in [7, 11) is 3.11. The predicted molar refractivity (Wildman–Crippen MR) is 159 cm³/mol. The lowest BCUT2D eigenvalue weighted by Gasteiger charge is -2.54. The van der Waals surface area contributed by atoms with Gasteiger partial charge in [-0.15, -0.1) is 11.8 Å². The molecule has 4 rings (SSSR count). The van der Waals surface area contributed by atoms with Gasteiger partial charge in [-0.05, 0) is 31.4 Å². The number of rotatable bonds is 8. The van der Waals surface area contributed by atoms with Gasteiger partial charge in [-0.1, -0.05) is 32.9 Å². The zero-order chi connectivity index (χ0) is 30.2. The Hall–Kier alpha value is -2.92. The number of carbonyl (C=O) groups is 3. The van der Waals surface area contributed by atoms with Crippen LogP contribution in [0.25, 0.3) is 0 Å². The maximum absolute atomic E-state index is 14.8. The molecular formula is C31H41N2O7S+. The molecule has 0 aliphatic carbocycles. The smallest absolute Gasteiger partial charge is 0.367 e. The van der Waals surface area contributed by atoms with Gasteiger partial charge in [-0.25, -0.2) is 14.1 Å². The van der Waals surface area contributed by atoms with Gasteiger partial charge in [-0.3, -0.25) is 4.79 Å². The quantitative estimate of drug-likeness (QED) is 0.343. The molecule has 1 fully saturated rings. The minimum absolute atomic E-state index is 0.102. The van der Waals surface area contributed by atoms with Crippen LogP contribution < -0.4 is 19.3 Å². The molecule has 2 aromatic carbocycles. The number of aliphatic carboxylic acids is 1. The van der Waals surface area contributed by atoms with E-state index >= 15 is 0 Å². The summed E-state index contributed by atoms with van der Waals surface area (Å²) in [5, 5.41) is 14.4. The van der Waals surface area contributed by atoms with Crippen LogP contribution in [-0.4, -0.2) is 75.0 Å². The van der Waals surface area contributed by atoms with Crippen molar-refractivity contribution in [2.24, 2.45) is 11.3 Å². The highest BCUT2D eigenvalue weighted by atomic mass is 32.2. The van der Waals surface area contributed by atoms with E-state index in [1.165, 1.54) is 18.7 Å². The number of hydrogen-bond acceptors (Lipinski definition) is 8. The van der Waals surface area contributed by atoms with Crippen LogP contribution in [0.2, 0.25) is 0 Å². The number of ether oxygens (including phenoxy) is 3. The van der Waals surface area contributed by atoms with Gasteiger partial charge in [-0.2, -0.15) is 0 Å². The van der Waals surface area contributed by atoms with Crippen molar-refractivity contribution in [2.45, 2.75) is 50.7 Å². The number of fused-ring (bicyclic) bond motifs is 1. The molecule has 2 aromatic rings. The number of carbonyl (C=O) groups excluding carboxylic acids is 2. The highest BCUT2D eigenvalue weighted by Gasteiger charge is 2.70. The standard InChI is InChI=1S/C31H40N2O7S/c1-19(34)23-16-32-14-13-31(23,29(36)37)33(18-30(2,3)4)24-12-11-20(41-7)15-22(24)27(40-17-26(33)35)21-9-8-10-25(38-5)28(21)39-6/h8-12,15,23,27,32H,13-14,16-18H2,1-7H3/p+1/t23-,27?,31+,33+/m1/s1. The summed E-state index contributed by atoms with van der Waals surface area (Å²) in [6, 6.07) is 11.2. The number of methoxy groups -OCH3 is 2. The number of carboxylic acids is 1. The molecule has 222 valence electrons. The molecule has 0 saturated carbocycles. The van der Waals surface area contributed by atoms with Crippen molar-refractivity contribution in [1.29, 1.82) is 0 Å². The summed E-state index contributed by atoms with van der Waals surface area (Å²) in [6.07, 6.45) is 1.31. The van der Waals surface area contributed by atoms with Gasteiger partial charge < -0.3 is 24.6 Å². The number of benzene rings is 2. The van der Waals surface area contributed by atoms with E-state index in [2.05, 4.69) is 5.32 Å². The third kappa shape index (κ3) is 5.16. The van der Waals surface area contributed by atoms with Crippen LogP contribution in [0, 0.1) is 11.3 Å². The second kappa shape index (κ2) is 11.8. The zero-order valence-electron chi connectivity index (χ0n) is 24.9. The molecule has 2 N–H and O–H groups in total. The lowest BCUT2D eigenvalue weighted by molar-refractivity contribution is -0.170.